The highest BCUT2D eigenvalue weighted by atomic mass is 35.5. The summed E-state index contributed by atoms with van der Waals surface area (Å²) >= 11 is 0. The molecule has 0 radical (unpaired) electrons. The van der Waals surface area contributed by atoms with Gasteiger partial charge in [0.2, 0.25) is 5.91 Å². The number of carbonyl (C=O) groups excluding carboxylic acids is 1. The third-order valence-corrected chi connectivity index (χ3v) is 4.80. The molecular weight excluding hydrogens is 302 g/mol. The Morgan fingerprint density at radius 2 is 1.91 bits per heavy atom. The van der Waals surface area contributed by atoms with Gasteiger partial charge in [0.05, 0.1) is 5.92 Å². The summed E-state index contributed by atoms with van der Waals surface area (Å²) in [5.41, 5.74) is 2.78. The number of fused-ring (bicyclic) bond motifs is 1. The number of rotatable bonds is 3. The molecule has 3 rings (SSSR count). The number of halogens is 1. The van der Waals surface area contributed by atoms with Gasteiger partial charge in [-0.15, -0.1) is 12.4 Å². The van der Waals surface area contributed by atoms with E-state index in [9.17, 15) is 9.59 Å². The van der Waals surface area contributed by atoms with Gasteiger partial charge in [0.25, 0.3) is 0 Å². The molecule has 22 heavy (non-hydrogen) atoms. The maximum absolute atomic E-state index is 12.3. The van der Waals surface area contributed by atoms with Crippen molar-refractivity contribution in [2.24, 2.45) is 11.8 Å². The number of carboxylic acids is 1. The summed E-state index contributed by atoms with van der Waals surface area (Å²) in [6.45, 7) is 0.983. The zero-order valence-corrected chi connectivity index (χ0v) is 13.3. The van der Waals surface area contributed by atoms with E-state index >= 15 is 0 Å². The third kappa shape index (κ3) is 3.61. The van der Waals surface area contributed by atoms with E-state index in [4.69, 9.17) is 5.11 Å². The monoisotopic (exact) mass is 323 g/mol. The van der Waals surface area contributed by atoms with Crippen molar-refractivity contribution < 1.29 is 14.7 Å². The van der Waals surface area contributed by atoms with Crippen molar-refractivity contribution in [1.82, 2.24) is 4.90 Å². The molecule has 1 aliphatic heterocycles. The second-order valence-corrected chi connectivity index (χ2v) is 6.25. The summed E-state index contributed by atoms with van der Waals surface area (Å²) in [6.07, 6.45) is 4.22. The van der Waals surface area contributed by atoms with Gasteiger partial charge in [-0.3, -0.25) is 9.59 Å². The Kier molecular flexibility index (Phi) is 5.46. The Hall–Kier alpha value is -1.55. The first-order valence-corrected chi connectivity index (χ1v) is 7.71. The molecule has 2 aliphatic rings. The lowest BCUT2D eigenvalue weighted by molar-refractivity contribution is -0.141. The van der Waals surface area contributed by atoms with Gasteiger partial charge in [-0.1, -0.05) is 24.3 Å². The predicted octanol–water partition coefficient (Wildman–Crippen LogP) is 2.54. The molecular formula is C17H22ClNO3. The fraction of sp³-hybridized carbons (Fsp3) is 0.529. The van der Waals surface area contributed by atoms with Crippen LogP contribution < -0.4 is 0 Å². The van der Waals surface area contributed by atoms with Gasteiger partial charge in [-0.2, -0.15) is 0 Å². The molecule has 1 heterocycles. The first-order valence-electron chi connectivity index (χ1n) is 7.71. The highest BCUT2D eigenvalue weighted by Crippen LogP contribution is 2.28. The number of hydrogen-bond acceptors (Lipinski definition) is 2. The molecule has 4 nitrogen and oxygen atoms in total. The largest absolute Gasteiger partial charge is 0.481 e. The number of aryl methyl sites for hydroxylation is 1. The topological polar surface area (TPSA) is 57.6 Å². The molecule has 2 atom stereocenters. The number of likely N-dealkylation sites (tertiary alicyclic amines) is 1. The molecule has 1 N–H and O–H groups in total. The Morgan fingerprint density at radius 1 is 1.18 bits per heavy atom. The number of nitrogens with zero attached hydrogens (tertiary/aromatic N) is 1. The van der Waals surface area contributed by atoms with Gasteiger partial charge >= 0.3 is 5.97 Å². The molecule has 0 bridgehead atoms. The standard InChI is InChI=1S/C17H21NO3.ClH/c19-16(18-8-7-15(11-18)17(20)21)10-12-5-6-13-3-1-2-4-14(13)9-12;/h1-4,12,15H,5-11H2,(H,20,21);1H. The van der Waals surface area contributed by atoms with E-state index in [-0.39, 0.29) is 24.2 Å². The van der Waals surface area contributed by atoms with Gasteiger partial charge in [-0.25, -0.2) is 0 Å². The summed E-state index contributed by atoms with van der Waals surface area (Å²) < 4.78 is 0. The highest BCUT2D eigenvalue weighted by Gasteiger charge is 2.32. The minimum atomic E-state index is -0.781. The number of benzene rings is 1. The summed E-state index contributed by atoms with van der Waals surface area (Å²) in [4.78, 5) is 25.0. The van der Waals surface area contributed by atoms with Crippen LogP contribution in [0.5, 0.6) is 0 Å². The predicted molar refractivity (Wildman–Crippen MR) is 86.1 cm³/mol. The van der Waals surface area contributed by atoms with Crippen molar-refractivity contribution in [3.8, 4) is 0 Å². The number of carboxylic acid groups (broad SMARTS) is 1. The van der Waals surface area contributed by atoms with Gasteiger partial charge in [0.1, 0.15) is 0 Å². The van der Waals surface area contributed by atoms with Crippen LogP contribution in [0.2, 0.25) is 0 Å². The van der Waals surface area contributed by atoms with E-state index in [0.717, 1.165) is 19.3 Å². The van der Waals surface area contributed by atoms with E-state index in [1.165, 1.54) is 11.1 Å². The minimum absolute atomic E-state index is 0. The summed E-state index contributed by atoms with van der Waals surface area (Å²) in [5.74, 6) is -0.627. The minimum Gasteiger partial charge on any atom is -0.481 e. The molecule has 1 amide bonds. The zero-order valence-electron chi connectivity index (χ0n) is 12.5. The van der Waals surface area contributed by atoms with Crippen molar-refractivity contribution >= 4 is 24.3 Å². The molecule has 5 heteroatoms. The molecule has 1 fully saturated rings. The van der Waals surface area contributed by atoms with Crippen LogP contribution in [0.3, 0.4) is 0 Å². The second kappa shape index (κ2) is 7.14. The molecule has 0 aromatic heterocycles. The molecule has 1 saturated heterocycles. The van der Waals surface area contributed by atoms with E-state index in [1.807, 2.05) is 0 Å². The van der Waals surface area contributed by atoms with Crippen molar-refractivity contribution in [1.29, 1.82) is 0 Å². The van der Waals surface area contributed by atoms with Crippen LogP contribution >= 0.6 is 12.4 Å². The molecule has 1 aromatic rings. The Morgan fingerprint density at radius 3 is 2.59 bits per heavy atom. The highest BCUT2D eigenvalue weighted by molar-refractivity contribution is 5.85. The van der Waals surface area contributed by atoms with Crippen LogP contribution in [0.25, 0.3) is 0 Å². The quantitative estimate of drug-likeness (QED) is 0.930. The lowest BCUT2D eigenvalue weighted by atomic mass is 9.82. The lowest BCUT2D eigenvalue weighted by Crippen LogP contribution is -2.32. The zero-order chi connectivity index (χ0) is 14.8. The van der Waals surface area contributed by atoms with Crippen molar-refractivity contribution in [2.75, 3.05) is 13.1 Å². The molecule has 1 aliphatic carbocycles. The summed E-state index contributed by atoms with van der Waals surface area (Å²) in [6, 6.07) is 8.45. The van der Waals surface area contributed by atoms with Crippen LogP contribution in [0.15, 0.2) is 24.3 Å². The average Bonchev–Trinajstić information content (AvgIpc) is 2.97. The van der Waals surface area contributed by atoms with E-state index in [1.54, 1.807) is 4.90 Å². The van der Waals surface area contributed by atoms with Crippen LogP contribution in [0.1, 0.15) is 30.4 Å². The molecule has 2 unspecified atom stereocenters. The number of hydrogen-bond donors (Lipinski definition) is 1. The SMILES string of the molecule is Cl.O=C(O)C1CCN(C(=O)CC2CCc3ccccc3C2)C1. The molecule has 0 saturated carbocycles. The smallest absolute Gasteiger partial charge is 0.308 e. The number of aliphatic carboxylic acids is 1. The molecule has 1 aromatic carbocycles. The van der Waals surface area contributed by atoms with Crippen molar-refractivity contribution in [3.05, 3.63) is 35.4 Å². The van der Waals surface area contributed by atoms with Gasteiger partial charge in [-0.05, 0) is 42.7 Å². The summed E-state index contributed by atoms with van der Waals surface area (Å²) in [7, 11) is 0. The van der Waals surface area contributed by atoms with Crippen LogP contribution in [-0.4, -0.2) is 35.0 Å². The Bertz CT molecular complexity index is 561. The fourth-order valence-corrected chi connectivity index (χ4v) is 3.51. The lowest BCUT2D eigenvalue weighted by Gasteiger charge is -2.26. The number of carbonyl (C=O) groups is 2. The van der Waals surface area contributed by atoms with Crippen LogP contribution in [0.4, 0.5) is 0 Å². The molecule has 120 valence electrons. The van der Waals surface area contributed by atoms with Crippen molar-refractivity contribution in [2.45, 2.75) is 32.1 Å². The second-order valence-electron chi connectivity index (χ2n) is 6.25. The maximum atomic E-state index is 12.3. The first kappa shape index (κ1) is 16.8. The van der Waals surface area contributed by atoms with E-state index < -0.39 is 5.97 Å². The average molecular weight is 324 g/mol. The molecule has 0 spiro atoms. The van der Waals surface area contributed by atoms with Crippen LogP contribution in [-0.2, 0) is 22.4 Å². The Labute approximate surface area is 136 Å². The fourth-order valence-electron chi connectivity index (χ4n) is 3.51. The summed E-state index contributed by atoms with van der Waals surface area (Å²) in [5, 5.41) is 9.01. The Balaban J connectivity index is 0.00000176. The maximum Gasteiger partial charge on any atom is 0.308 e. The van der Waals surface area contributed by atoms with E-state index in [0.29, 0.717) is 31.8 Å². The third-order valence-electron chi connectivity index (χ3n) is 4.80. The van der Waals surface area contributed by atoms with Gasteiger partial charge in [0.15, 0.2) is 0 Å². The van der Waals surface area contributed by atoms with Crippen molar-refractivity contribution in [3.63, 3.8) is 0 Å². The van der Waals surface area contributed by atoms with Gasteiger partial charge < -0.3 is 10.0 Å². The van der Waals surface area contributed by atoms with E-state index in [2.05, 4.69) is 24.3 Å². The normalized spacial score (nSPS) is 23.5. The van der Waals surface area contributed by atoms with Gasteiger partial charge in [0, 0.05) is 19.5 Å². The van der Waals surface area contributed by atoms with Crippen LogP contribution in [0, 0.1) is 11.8 Å². The first-order chi connectivity index (χ1) is 10.1. The number of amides is 1.